The highest BCUT2D eigenvalue weighted by atomic mass is 19.1. The highest BCUT2D eigenvalue weighted by molar-refractivity contribution is 5.65. The van der Waals surface area contributed by atoms with E-state index in [0.717, 1.165) is 17.3 Å². The minimum absolute atomic E-state index is 0.336. The molecular weight excluding hydrogens is 212 g/mol. The third-order valence-corrected chi connectivity index (χ3v) is 2.74. The lowest BCUT2D eigenvalue weighted by Gasteiger charge is -2.01. The highest BCUT2D eigenvalue weighted by Crippen LogP contribution is 2.28. The molecule has 0 fully saturated rings. The van der Waals surface area contributed by atoms with Crippen LogP contribution in [-0.4, -0.2) is 10.2 Å². The topological polar surface area (TPSA) is 40.7 Å². The smallest absolute Gasteiger partial charge is 0.135 e. The Morgan fingerprint density at radius 3 is 2.88 bits per heavy atom. The molecule has 0 spiro atoms. The van der Waals surface area contributed by atoms with Gasteiger partial charge >= 0.3 is 0 Å². The summed E-state index contributed by atoms with van der Waals surface area (Å²) in [4.78, 5) is 0. The van der Waals surface area contributed by atoms with E-state index in [1.54, 1.807) is 0 Å². The molecule has 0 saturated heterocycles. The summed E-state index contributed by atoms with van der Waals surface area (Å²) in [6.07, 6.45) is 0. The summed E-state index contributed by atoms with van der Waals surface area (Å²) in [6, 6.07) is 3.53. The standard InChI is InChI=1S/C11H9F2N3/c12-6-1-2-7(9(13)3-6)11-8-4-14-5-10(8)15-16-11/h1-3,14H,4-5H2,(H,15,16). The number of nitrogens with one attached hydrogen (secondary N) is 2. The molecule has 0 radical (unpaired) electrons. The number of hydrogen-bond donors (Lipinski definition) is 2. The average molecular weight is 221 g/mol. The van der Waals surface area contributed by atoms with Crippen LogP contribution in [0.15, 0.2) is 18.2 Å². The van der Waals surface area contributed by atoms with Crippen LogP contribution in [0.2, 0.25) is 0 Å². The van der Waals surface area contributed by atoms with Crippen molar-refractivity contribution in [2.75, 3.05) is 0 Å². The van der Waals surface area contributed by atoms with Gasteiger partial charge in [-0.05, 0) is 12.1 Å². The lowest BCUT2D eigenvalue weighted by molar-refractivity contribution is 0.585. The van der Waals surface area contributed by atoms with Gasteiger partial charge in [0.2, 0.25) is 0 Å². The first-order valence-corrected chi connectivity index (χ1v) is 4.98. The van der Waals surface area contributed by atoms with Crippen molar-refractivity contribution in [3.63, 3.8) is 0 Å². The molecule has 0 unspecified atom stereocenters. The van der Waals surface area contributed by atoms with E-state index in [0.29, 0.717) is 24.3 Å². The molecule has 2 heterocycles. The number of hydrogen-bond acceptors (Lipinski definition) is 2. The van der Waals surface area contributed by atoms with E-state index in [1.165, 1.54) is 12.1 Å². The lowest BCUT2D eigenvalue weighted by Crippen LogP contribution is -2.03. The maximum absolute atomic E-state index is 13.6. The van der Waals surface area contributed by atoms with Crippen LogP contribution in [0.3, 0.4) is 0 Å². The minimum atomic E-state index is -0.582. The van der Waals surface area contributed by atoms with Crippen LogP contribution in [0, 0.1) is 11.6 Å². The molecule has 1 aliphatic heterocycles. The lowest BCUT2D eigenvalue weighted by atomic mass is 10.1. The van der Waals surface area contributed by atoms with E-state index >= 15 is 0 Å². The Morgan fingerprint density at radius 2 is 2.06 bits per heavy atom. The van der Waals surface area contributed by atoms with E-state index in [2.05, 4.69) is 15.5 Å². The normalized spacial score (nSPS) is 14.1. The van der Waals surface area contributed by atoms with E-state index in [4.69, 9.17) is 0 Å². The van der Waals surface area contributed by atoms with Crippen molar-refractivity contribution in [3.05, 3.63) is 41.1 Å². The van der Waals surface area contributed by atoms with Crippen molar-refractivity contribution < 1.29 is 8.78 Å². The summed E-state index contributed by atoms with van der Waals surface area (Å²) < 4.78 is 26.4. The number of fused-ring (bicyclic) bond motifs is 1. The molecule has 1 aromatic heterocycles. The largest absolute Gasteiger partial charge is 0.307 e. The van der Waals surface area contributed by atoms with E-state index in [-0.39, 0.29) is 0 Å². The summed E-state index contributed by atoms with van der Waals surface area (Å²) in [5.41, 5.74) is 2.84. The van der Waals surface area contributed by atoms with Gasteiger partial charge in [-0.3, -0.25) is 5.10 Å². The molecule has 5 heteroatoms. The summed E-state index contributed by atoms with van der Waals surface area (Å²) in [5.74, 6) is -1.16. The van der Waals surface area contributed by atoms with Crippen LogP contribution in [0.25, 0.3) is 11.3 Å². The summed E-state index contributed by atoms with van der Waals surface area (Å²) >= 11 is 0. The van der Waals surface area contributed by atoms with Gasteiger partial charge in [0.15, 0.2) is 0 Å². The molecule has 3 rings (SSSR count). The number of H-pyrrole nitrogens is 1. The van der Waals surface area contributed by atoms with Crippen molar-refractivity contribution in [1.82, 2.24) is 15.5 Å². The Balaban J connectivity index is 2.15. The van der Waals surface area contributed by atoms with Gasteiger partial charge < -0.3 is 5.32 Å². The van der Waals surface area contributed by atoms with Gasteiger partial charge in [-0.25, -0.2) is 8.78 Å². The molecule has 0 atom stereocenters. The zero-order chi connectivity index (χ0) is 11.1. The van der Waals surface area contributed by atoms with E-state index in [9.17, 15) is 8.78 Å². The summed E-state index contributed by atoms with van der Waals surface area (Å²) in [6.45, 7) is 1.38. The quantitative estimate of drug-likeness (QED) is 0.772. The van der Waals surface area contributed by atoms with Crippen LogP contribution in [-0.2, 0) is 13.1 Å². The molecule has 0 aliphatic carbocycles. The van der Waals surface area contributed by atoms with E-state index < -0.39 is 11.6 Å². The second-order valence-electron chi connectivity index (χ2n) is 3.76. The molecule has 1 aliphatic rings. The van der Waals surface area contributed by atoms with E-state index in [1.807, 2.05) is 0 Å². The Bertz CT molecular complexity index is 548. The molecule has 1 aromatic carbocycles. The first kappa shape index (κ1) is 9.47. The van der Waals surface area contributed by atoms with Gasteiger partial charge in [-0.1, -0.05) is 0 Å². The predicted molar refractivity (Wildman–Crippen MR) is 54.5 cm³/mol. The summed E-state index contributed by atoms with van der Waals surface area (Å²) in [5, 5.41) is 10.1. The number of halogens is 2. The Hall–Kier alpha value is -1.75. The fourth-order valence-electron chi connectivity index (χ4n) is 1.95. The average Bonchev–Trinajstić information content (AvgIpc) is 2.80. The third kappa shape index (κ3) is 1.32. The zero-order valence-electron chi connectivity index (χ0n) is 8.35. The number of benzene rings is 1. The highest BCUT2D eigenvalue weighted by Gasteiger charge is 2.20. The maximum Gasteiger partial charge on any atom is 0.135 e. The van der Waals surface area contributed by atoms with Crippen LogP contribution < -0.4 is 5.32 Å². The van der Waals surface area contributed by atoms with Gasteiger partial charge in [0.05, 0.1) is 11.4 Å². The first-order chi connectivity index (χ1) is 7.75. The molecule has 2 N–H and O–H groups in total. The third-order valence-electron chi connectivity index (χ3n) is 2.74. The van der Waals surface area contributed by atoms with Crippen molar-refractivity contribution in [3.8, 4) is 11.3 Å². The van der Waals surface area contributed by atoms with Crippen molar-refractivity contribution >= 4 is 0 Å². The number of aromatic nitrogens is 2. The van der Waals surface area contributed by atoms with Gasteiger partial charge in [0.1, 0.15) is 11.6 Å². The molecular formula is C11H9F2N3. The maximum atomic E-state index is 13.6. The second kappa shape index (κ2) is 3.38. The molecule has 3 nitrogen and oxygen atoms in total. The van der Waals surface area contributed by atoms with Crippen LogP contribution in [0.1, 0.15) is 11.3 Å². The van der Waals surface area contributed by atoms with Crippen molar-refractivity contribution in [1.29, 1.82) is 0 Å². The van der Waals surface area contributed by atoms with Crippen LogP contribution in [0.5, 0.6) is 0 Å². The molecule has 0 saturated carbocycles. The SMILES string of the molecule is Fc1ccc(-c2n[nH]c3c2CNC3)c(F)c1. The van der Waals surface area contributed by atoms with Crippen LogP contribution in [0.4, 0.5) is 8.78 Å². The number of rotatable bonds is 1. The van der Waals surface area contributed by atoms with Crippen molar-refractivity contribution in [2.45, 2.75) is 13.1 Å². The fourth-order valence-corrected chi connectivity index (χ4v) is 1.95. The van der Waals surface area contributed by atoms with Gasteiger partial charge in [-0.15, -0.1) is 0 Å². The van der Waals surface area contributed by atoms with Gasteiger partial charge in [-0.2, -0.15) is 5.10 Å². The Labute approximate surface area is 90.5 Å². The first-order valence-electron chi connectivity index (χ1n) is 4.98. The molecule has 82 valence electrons. The van der Waals surface area contributed by atoms with Gasteiger partial charge in [0.25, 0.3) is 0 Å². The van der Waals surface area contributed by atoms with Gasteiger partial charge in [0, 0.05) is 30.3 Å². The minimum Gasteiger partial charge on any atom is -0.307 e. The van der Waals surface area contributed by atoms with Crippen LogP contribution >= 0.6 is 0 Å². The Kier molecular flexibility index (Phi) is 2.00. The molecule has 0 amide bonds. The number of aromatic amines is 1. The predicted octanol–water partition coefficient (Wildman–Crippen LogP) is 1.96. The summed E-state index contributed by atoms with van der Waals surface area (Å²) in [7, 11) is 0. The molecule has 2 aromatic rings. The fraction of sp³-hybridized carbons (Fsp3) is 0.182. The number of nitrogens with zero attached hydrogens (tertiary/aromatic N) is 1. The molecule has 16 heavy (non-hydrogen) atoms. The monoisotopic (exact) mass is 221 g/mol. The zero-order valence-corrected chi connectivity index (χ0v) is 8.35. The molecule has 0 bridgehead atoms. The van der Waals surface area contributed by atoms with Crippen molar-refractivity contribution in [2.24, 2.45) is 0 Å². The second-order valence-corrected chi connectivity index (χ2v) is 3.76. The Morgan fingerprint density at radius 1 is 1.19 bits per heavy atom.